The number of carbonyl (C=O) groups is 1. The third-order valence-corrected chi connectivity index (χ3v) is 4.07. The van der Waals surface area contributed by atoms with E-state index in [-0.39, 0.29) is 12.5 Å². The second-order valence-corrected chi connectivity index (χ2v) is 5.69. The van der Waals surface area contributed by atoms with Gasteiger partial charge in [-0.15, -0.1) is 0 Å². The smallest absolute Gasteiger partial charge is 0.255 e. The van der Waals surface area contributed by atoms with Crippen molar-refractivity contribution >= 4 is 5.91 Å². The summed E-state index contributed by atoms with van der Waals surface area (Å²) in [6.07, 6.45) is 6.45. The molecule has 0 fully saturated rings. The van der Waals surface area contributed by atoms with Gasteiger partial charge in [-0.25, -0.2) is 4.98 Å². The Morgan fingerprint density at radius 1 is 1.33 bits per heavy atom. The molecule has 0 saturated carbocycles. The zero-order valence-corrected chi connectivity index (χ0v) is 13.1. The Bertz CT molecular complexity index is 852. The van der Waals surface area contributed by atoms with Crippen LogP contribution in [-0.2, 0) is 19.5 Å². The lowest BCUT2D eigenvalue weighted by atomic mass is 10.1. The molecule has 8 heteroatoms. The highest BCUT2D eigenvalue weighted by molar-refractivity contribution is 5.95. The van der Waals surface area contributed by atoms with Crippen molar-refractivity contribution in [1.29, 1.82) is 0 Å². The summed E-state index contributed by atoms with van der Waals surface area (Å²) in [5.41, 5.74) is 2.36. The molecule has 122 valence electrons. The van der Waals surface area contributed by atoms with Crippen LogP contribution in [0.15, 0.2) is 30.6 Å². The lowest BCUT2D eigenvalue weighted by Gasteiger charge is -2.14. The maximum atomic E-state index is 12.4. The van der Waals surface area contributed by atoms with Crippen LogP contribution in [0.2, 0.25) is 0 Å². The molecule has 0 aromatic carbocycles. The van der Waals surface area contributed by atoms with E-state index >= 15 is 0 Å². The maximum Gasteiger partial charge on any atom is 0.255 e. The van der Waals surface area contributed by atoms with Crippen LogP contribution in [0.5, 0.6) is 0 Å². The Balaban J connectivity index is 1.43. The van der Waals surface area contributed by atoms with Crippen molar-refractivity contribution in [2.24, 2.45) is 0 Å². The number of carbonyl (C=O) groups excluding carboxylic acids is 1. The highest BCUT2D eigenvalue weighted by Crippen LogP contribution is 2.18. The zero-order chi connectivity index (χ0) is 16.4. The van der Waals surface area contributed by atoms with E-state index in [0.29, 0.717) is 22.9 Å². The minimum absolute atomic E-state index is 0.131. The molecule has 0 radical (unpaired) electrons. The SMILES string of the molecule is O=C(NCc1nc(-c2ccccn2)n[nH]1)c1cnn2c1CCCC2. The molecule has 0 atom stereocenters. The Kier molecular flexibility index (Phi) is 3.78. The molecule has 3 aromatic rings. The minimum atomic E-state index is -0.131. The van der Waals surface area contributed by atoms with Gasteiger partial charge in [-0.1, -0.05) is 6.07 Å². The van der Waals surface area contributed by atoms with Crippen LogP contribution in [0, 0.1) is 0 Å². The van der Waals surface area contributed by atoms with E-state index in [9.17, 15) is 4.79 Å². The first-order chi connectivity index (χ1) is 11.8. The van der Waals surface area contributed by atoms with Crippen molar-refractivity contribution in [3.8, 4) is 11.5 Å². The number of aromatic amines is 1. The number of aromatic nitrogens is 6. The first-order valence-corrected chi connectivity index (χ1v) is 7.97. The predicted octanol–water partition coefficient (Wildman–Crippen LogP) is 1.33. The summed E-state index contributed by atoms with van der Waals surface area (Å²) in [7, 11) is 0. The Labute approximate surface area is 138 Å². The van der Waals surface area contributed by atoms with Gasteiger partial charge in [-0.05, 0) is 31.4 Å². The highest BCUT2D eigenvalue weighted by atomic mass is 16.1. The Morgan fingerprint density at radius 3 is 3.17 bits per heavy atom. The van der Waals surface area contributed by atoms with E-state index < -0.39 is 0 Å². The van der Waals surface area contributed by atoms with Gasteiger partial charge in [0.2, 0.25) is 0 Å². The normalized spacial score (nSPS) is 13.5. The van der Waals surface area contributed by atoms with E-state index in [4.69, 9.17) is 0 Å². The molecular weight excluding hydrogens is 306 g/mol. The molecule has 0 bridgehead atoms. The standard InChI is InChI=1S/C16H17N7O/c24-16(11-9-19-23-8-4-2-6-13(11)23)18-10-14-20-15(22-21-14)12-5-1-3-7-17-12/h1,3,5,7,9H,2,4,6,8,10H2,(H,18,24)(H,20,21,22). The quantitative estimate of drug-likeness (QED) is 0.754. The average molecular weight is 323 g/mol. The summed E-state index contributed by atoms with van der Waals surface area (Å²) in [5, 5.41) is 14.1. The van der Waals surface area contributed by atoms with E-state index in [1.807, 2.05) is 22.9 Å². The lowest BCUT2D eigenvalue weighted by Crippen LogP contribution is -2.25. The number of H-pyrrole nitrogens is 1. The summed E-state index contributed by atoms with van der Waals surface area (Å²) < 4.78 is 1.92. The second-order valence-electron chi connectivity index (χ2n) is 5.69. The molecule has 0 unspecified atom stereocenters. The molecule has 2 N–H and O–H groups in total. The Morgan fingerprint density at radius 2 is 2.29 bits per heavy atom. The van der Waals surface area contributed by atoms with Gasteiger partial charge in [0, 0.05) is 12.7 Å². The molecule has 1 amide bonds. The first kappa shape index (κ1) is 14.6. The monoisotopic (exact) mass is 323 g/mol. The van der Waals surface area contributed by atoms with Gasteiger partial charge < -0.3 is 5.32 Å². The summed E-state index contributed by atoms with van der Waals surface area (Å²) >= 11 is 0. The highest BCUT2D eigenvalue weighted by Gasteiger charge is 2.19. The number of amides is 1. The molecule has 4 rings (SSSR count). The fourth-order valence-corrected chi connectivity index (χ4v) is 2.85. The van der Waals surface area contributed by atoms with Crippen molar-refractivity contribution < 1.29 is 4.79 Å². The van der Waals surface area contributed by atoms with Crippen molar-refractivity contribution in [3.63, 3.8) is 0 Å². The Hall–Kier alpha value is -3.03. The van der Waals surface area contributed by atoms with E-state index in [1.54, 1.807) is 12.4 Å². The van der Waals surface area contributed by atoms with Crippen molar-refractivity contribution in [3.05, 3.63) is 47.7 Å². The lowest BCUT2D eigenvalue weighted by molar-refractivity contribution is 0.0948. The molecule has 1 aliphatic rings. The summed E-state index contributed by atoms with van der Waals surface area (Å²) in [6, 6.07) is 5.55. The van der Waals surface area contributed by atoms with Gasteiger partial charge in [0.1, 0.15) is 11.5 Å². The first-order valence-electron chi connectivity index (χ1n) is 7.97. The molecule has 3 aromatic heterocycles. The van der Waals surface area contributed by atoms with Crippen LogP contribution in [-0.4, -0.2) is 35.9 Å². The molecule has 0 aliphatic carbocycles. The van der Waals surface area contributed by atoms with Crippen LogP contribution in [0.4, 0.5) is 0 Å². The van der Waals surface area contributed by atoms with Crippen LogP contribution in [0.3, 0.4) is 0 Å². The number of rotatable bonds is 4. The molecular formula is C16H17N7O. The van der Waals surface area contributed by atoms with Crippen LogP contribution >= 0.6 is 0 Å². The summed E-state index contributed by atoms with van der Waals surface area (Å²) in [6.45, 7) is 1.17. The van der Waals surface area contributed by atoms with Crippen LogP contribution in [0.1, 0.15) is 34.7 Å². The van der Waals surface area contributed by atoms with Crippen molar-refractivity contribution in [2.45, 2.75) is 32.4 Å². The zero-order valence-electron chi connectivity index (χ0n) is 13.1. The third kappa shape index (κ3) is 2.78. The number of hydrogen-bond acceptors (Lipinski definition) is 5. The fraction of sp³-hybridized carbons (Fsp3) is 0.312. The van der Waals surface area contributed by atoms with Gasteiger partial charge in [0.15, 0.2) is 5.82 Å². The molecule has 4 heterocycles. The average Bonchev–Trinajstić information content (AvgIpc) is 3.27. The van der Waals surface area contributed by atoms with E-state index in [1.165, 1.54) is 0 Å². The second kappa shape index (κ2) is 6.23. The van der Waals surface area contributed by atoms with Gasteiger partial charge in [0.05, 0.1) is 24.0 Å². The van der Waals surface area contributed by atoms with Gasteiger partial charge in [-0.2, -0.15) is 10.2 Å². The molecule has 1 aliphatic heterocycles. The van der Waals surface area contributed by atoms with Crippen molar-refractivity contribution in [1.82, 2.24) is 35.3 Å². The number of aryl methyl sites for hydroxylation is 1. The van der Waals surface area contributed by atoms with Crippen molar-refractivity contribution in [2.75, 3.05) is 0 Å². The van der Waals surface area contributed by atoms with Gasteiger partial charge in [-0.3, -0.25) is 19.6 Å². The number of hydrogen-bond donors (Lipinski definition) is 2. The number of nitrogens with zero attached hydrogens (tertiary/aromatic N) is 5. The molecule has 24 heavy (non-hydrogen) atoms. The fourth-order valence-electron chi connectivity index (χ4n) is 2.85. The van der Waals surface area contributed by atoms with Crippen LogP contribution in [0.25, 0.3) is 11.5 Å². The topological polar surface area (TPSA) is 101 Å². The maximum absolute atomic E-state index is 12.4. The summed E-state index contributed by atoms with van der Waals surface area (Å²) in [4.78, 5) is 20.9. The third-order valence-electron chi connectivity index (χ3n) is 4.07. The van der Waals surface area contributed by atoms with Gasteiger partial charge >= 0.3 is 0 Å². The van der Waals surface area contributed by atoms with Crippen LogP contribution < -0.4 is 5.32 Å². The minimum Gasteiger partial charge on any atom is -0.345 e. The van der Waals surface area contributed by atoms with E-state index in [0.717, 1.165) is 31.5 Å². The summed E-state index contributed by atoms with van der Waals surface area (Å²) in [5.74, 6) is 0.974. The van der Waals surface area contributed by atoms with E-state index in [2.05, 4.69) is 30.6 Å². The van der Waals surface area contributed by atoms with Gasteiger partial charge in [0.25, 0.3) is 5.91 Å². The predicted molar refractivity (Wildman–Crippen MR) is 85.9 cm³/mol. The molecule has 8 nitrogen and oxygen atoms in total. The largest absolute Gasteiger partial charge is 0.345 e. The molecule has 0 saturated heterocycles. The molecule has 0 spiro atoms. The number of pyridine rings is 1. The number of nitrogens with one attached hydrogen (secondary N) is 2. The number of fused-ring (bicyclic) bond motifs is 1.